The van der Waals surface area contributed by atoms with E-state index in [0.717, 1.165) is 16.1 Å². The zero-order chi connectivity index (χ0) is 26.6. The summed E-state index contributed by atoms with van der Waals surface area (Å²) in [5.41, 5.74) is 1.16. The summed E-state index contributed by atoms with van der Waals surface area (Å²) in [6.45, 7) is 8.62. The van der Waals surface area contributed by atoms with E-state index in [-0.39, 0.29) is 12.5 Å². The molecule has 0 saturated carbocycles. The van der Waals surface area contributed by atoms with Crippen LogP contribution < -0.4 is 9.62 Å². The van der Waals surface area contributed by atoms with Crippen molar-refractivity contribution in [2.24, 2.45) is 0 Å². The lowest BCUT2D eigenvalue weighted by atomic mass is 10.1. The smallest absolute Gasteiger partial charge is 0.244 e. The predicted molar refractivity (Wildman–Crippen MR) is 142 cm³/mol. The Labute approximate surface area is 218 Å². The molecule has 0 radical (unpaired) electrons. The molecule has 0 aromatic heterocycles. The van der Waals surface area contributed by atoms with E-state index in [1.165, 1.54) is 4.90 Å². The van der Waals surface area contributed by atoms with Crippen LogP contribution in [0.4, 0.5) is 5.69 Å². The van der Waals surface area contributed by atoms with E-state index in [4.69, 9.17) is 23.2 Å². The van der Waals surface area contributed by atoms with Crippen molar-refractivity contribution in [3.8, 4) is 0 Å². The van der Waals surface area contributed by atoms with Crippen LogP contribution in [0.15, 0.2) is 42.5 Å². The van der Waals surface area contributed by atoms with Crippen molar-refractivity contribution in [2.45, 2.75) is 59.2 Å². The molecule has 0 saturated heterocycles. The van der Waals surface area contributed by atoms with Crippen LogP contribution in [0.3, 0.4) is 0 Å². The fourth-order valence-corrected chi connectivity index (χ4v) is 4.98. The summed E-state index contributed by atoms with van der Waals surface area (Å²) in [5.74, 6) is -0.901. The van der Waals surface area contributed by atoms with Gasteiger partial charge in [0.15, 0.2) is 0 Å². The fraction of sp³-hybridized carbons (Fsp3) is 0.440. The molecule has 0 heterocycles. The summed E-state index contributed by atoms with van der Waals surface area (Å²) in [7, 11) is -3.80. The Morgan fingerprint density at radius 2 is 1.63 bits per heavy atom. The molecular formula is C25H33Cl2N3O4S. The highest BCUT2D eigenvalue weighted by Gasteiger charge is 2.33. The summed E-state index contributed by atoms with van der Waals surface area (Å²) in [4.78, 5) is 28.2. The number of carbonyl (C=O) groups excluding carboxylic acids is 2. The number of aryl methyl sites for hydroxylation is 1. The van der Waals surface area contributed by atoms with Gasteiger partial charge >= 0.3 is 0 Å². The van der Waals surface area contributed by atoms with Gasteiger partial charge in [-0.2, -0.15) is 0 Å². The summed E-state index contributed by atoms with van der Waals surface area (Å²) in [6.07, 6.45) is 1.35. The molecule has 2 amide bonds. The Balaban J connectivity index is 2.52. The standard InChI is InChI=1S/C25H33Cl2N3O4S/c1-7-22(24(32)28-25(3,4)5)29(15-19-20(26)12-9-13-21(19)27)23(31)16-30(35(6,33)34)18-11-8-10-17(2)14-18/h8-14,22H,7,15-16H2,1-6H3,(H,28,32)/t22-/m1/s1. The normalized spacial score (nSPS) is 12.7. The largest absolute Gasteiger partial charge is 0.350 e. The minimum atomic E-state index is -3.80. The van der Waals surface area contributed by atoms with Gasteiger partial charge in [-0.15, -0.1) is 0 Å². The highest BCUT2D eigenvalue weighted by Crippen LogP contribution is 2.28. The number of halogens is 2. The highest BCUT2D eigenvalue weighted by molar-refractivity contribution is 7.92. The molecule has 1 atom stereocenters. The number of hydrogen-bond donors (Lipinski definition) is 1. The van der Waals surface area contributed by atoms with Crippen LogP contribution in [0, 0.1) is 6.92 Å². The first-order valence-corrected chi connectivity index (χ1v) is 13.8. The maximum absolute atomic E-state index is 13.7. The van der Waals surface area contributed by atoms with Gasteiger partial charge in [-0.05, 0) is 63.9 Å². The molecule has 7 nitrogen and oxygen atoms in total. The van der Waals surface area contributed by atoms with Gasteiger partial charge in [-0.3, -0.25) is 13.9 Å². The Morgan fingerprint density at radius 3 is 2.11 bits per heavy atom. The summed E-state index contributed by atoms with van der Waals surface area (Å²) in [5, 5.41) is 3.61. The molecule has 0 bridgehead atoms. The first kappa shape index (κ1) is 28.9. The number of sulfonamides is 1. The first-order valence-electron chi connectivity index (χ1n) is 11.2. The van der Waals surface area contributed by atoms with Crippen LogP contribution >= 0.6 is 23.2 Å². The molecular weight excluding hydrogens is 509 g/mol. The summed E-state index contributed by atoms with van der Waals surface area (Å²) in [6, 6.07) is 11.0. The highest BCUT2D eigenvalue weighted by atomic mass is 35.5. The molecule has 35 heavy (non-hydrogen) atoms. The molecule has 2 rings (SSSR count). The number of rotatable bonds is 9. The van der Waals surface area contributed by atoms with Crippen LogP contribution in [0.2, 0.25) is 10.0 Å². The minimum Gasteiger partial charge on any atom is -0.350 e. The number of hydrogen-bond acceptors (Lipinski definition) is 4. The van der Waals surface area contributed by atoms with Crippen LogP contribution in [0.1, 0.15) is 45.2 Å². The van der Waals surface area contributed by atoms with Crippen molar-refractivity contribution >= 4 is 50.7 Å². The fourth-order valence-electron chi connectivity index (χ4n) is 3.62. The predicted octanol–water partition coefficient (Wildman–Crippen LogP) is 4.79. The second kappa shape index (κ2) is 11.6. The summed E-state index contributed by atoms with van der Waals surface area (Å²) < 4.78 is 26.4. The Kier molecular flexibility index (Phi) is 9.62. The number of carbonyl (C=O) groups is 2. The molecule has 0 aliphatic carbocycles. The van der Waals surface area contributed by atoms with Crippen LogP contribution in [-0.4, -0.2) is 49.5 Å². The van der Waals surface area contributed by atoms with Gasteiger partial charge in [0.25, 0.3) is 0 Å². The van der Waals surface area contributed by atoms with Crippen molar-refractivity contribution in [1.82, 2.24) is 10.2 Å². The van der Waals surface area contributed by atoms with E-state index in [1.54, 1.807) is 43.3 Å². The topological polar surface area (TPSA) is 86.8 Å². The van der Waals surface area contributed by atoms with Gasteiger partial charge in [0.1, 0.15) is 12.6 Å². The molecule has 0 aliphatic heterocycles. The maximum atomic E-state index is 13.7. The molecule has 0 unspecified atom stereocenters. The maximum Gasteiger partial charge on any atom is 0.244 e. The van der Waals surface area contributed by atoms with E-state index >= 15 is 0 Å². The monoisotopic (exact) mass is 541 g/mol. The average Bonchev–Trinajstić information content (AvgIpc) is 2.71. The number of benzene rings is 2. The van der Waals surface area contributed by atoms with Crippen molar-refractivity contribution in [2.75, 3.05) is 17.1 Å². The number of amides is 2. The average molecular weight is 543 g/mol. The second-order valence-corrected chi connectivity index (χ2v) is 12.2. The molecule has 0 fully saturated rings. The Hall–Kier alpha value is -2.29. The quantitative estimate of drug-likeness (QED) is 0.494. The molecule has 0 aliphatic rings. The van der Waals surface area contributed by atoms with Crippen molar-refractivity contribution < 1.29 is 18.0 Å². The summed E-state index contributed by atoms with van der Waals surface area (Å²) >= 11 is 12.7. The first-order chi connectivity index (χ1) is 16.1. The van der Waals surface area contributed by atoms with E-state index in [9.17, 15) is 18.0 Å². The van der Waals surface area contributed by atoms with Crippen LogP contribution in [0.5, 0.6) is 0 Å². The Bertz CT molecular complexity index is 1160. The van der Waals surface area contributed by atoms with E-state index in [0.29, 0.717) is 27.7 Å². The zero-order valence-corrected chi connectivity index (χ0v) is 23.3. The van der Waals surface area contributed by atoms with Gasteiger partial charge in [0, 0.05) is 27.7 Å². The third kappa shape index (κ3) is 8.12. The Morgan fingerprint density at radius 1 is 1.06 bits per heavy atom. The van der Waals surface area contributed by atoms with Gasteiger partial charge < -0.3 is 10.2 Å². The van der Waals surface area contributed by atoms with Gasteiger partial charge in [-0.25, -0.2) is 8.42 Å². The third-order valence-corrected chi connectivity index (χ3v) is 7.09. The molecule has 2 aromatic carbocycles. The number of nitrogens with zero attached hydrogens (tertiary/aromatic N) is 2. The van der Waals surface area contributed by atoms with Crippen molar-refractivity contribution in [3.05, 3.63) is 63.6 Å². The third-order valence-electron chi connectivity index (χ3n) is 5.24. The number of nitrogens with one attached hydrogen (secondary N) is 1. The lowest BCUT2D eigenvalue weighted by Gasteiger charge is -2.34. The lowest BCUT2D eigenvalue weighted by molar-refractivity contribution is -0.141. The van der Waals surface area contributed by atoms with E-state index in [2.05, 4.69) is 5.32 Å². The van der Waals surface area contributed by atoms with Crippen molar-refractivity contribution in [1.29, 1.82) is 0 Å². The molecule has 1 N–H and O–H groups in total. The lowest BCUT2D eigenvalue weighted by Crippen LogP contribution is -2.55. The SMILES string of the molecule is CC[C@H](C(=O)NC(C)(C)C)N(Cc1c(Cl)cccc1Cl)C(=O)CN(c1cccc(C)c1)S(C)(=O)=O. The molecule has 192 valence electrons. The van der Waals surface area contributed by atoms with Crippen LogP contribution in [-0.2, 0) is 26.2 Å². The number of anilines is 1. The molecule has 2 aromatic rings. The van der Waals surface area contributed by atoms with E-state index in [1.807, 2.05) is 33.8 Å². The van der Waals surface area contributed by atoms with Gasteiger partial charge in [-0.1, -0.05) is 48.3 Å². The van der Waals surface area contributed by atoms with Gasteiger partial charge in [0.2, 0.25) is 21.8 Å². The van der Waals surface area contributed by atoms with Gasteiger partial charge in [0.05, 0.1) is 11.9 Å². The molecule has 0 spiro atoms. The minimum absolute atomic E-state index is 0.0567. The zero-order valence-electron chi connectivity index (χ0n) is 20.9. The molecule has 10 heteroatoms. The van der Waals surface area contributed by atoms with Crippen molar-refractivity contribution in [3.63, 3.8) is 0 Å². The van der Waals surface area contributed by atoms with E-state index < -0.39 is 34.1 Å². The second-order valence-electron chi connectivity index (χ2n) is 9.49. The van der Waals surface area contributed by atoms with Crippen LogP contribution in [0.25, 0.3) is 0 Å².